The molecule has 0 atom stereocenters. The topological polar surface area (TPSA) is 50.8 Å². The van der Waals surface area contributed by atoms with Gasteiger partial charge in [0.05, 0.1) is 17.3 Å². The molecule has 0 fully saturated rings. The molecule has 1 heterocycles. The van der Waals surface area contributed by atoms with Crippen LogP contribution < -0.4 is 4.74 Å². The predicted molar refractivity (Wildman–Crippen MR) is 77.1 cm³/mol. The number of rotatable bonds is 2. The number of halogens is 1. The summed E-state index contributed by atoms with van der Waals surface area (Å²) < 4.78 is 7.80. The second-order valence-corrected chi connectivity index (χ2v) is 5.18. The minimum atomic E-state index is 0.392. The van der Waals surface area contributed by atoms with Crippen LogP contribution in [0.3, 0.4) is 0 Å². The first-order chi connectivity index (χ1) is 8.99. The van der Waals surface area contributed by atoms with Gasteiger partial charge in [-0.3, -0.25) is 4.68 Å². The van der Waals surface area contributed by atoms with Gasteiger partial charge in [-0.25, -0.2) is 0 Å². The van der Waals surface area contributed by atoms with E-state index < -0.39 is 0 Å². The number of hydrogen-bond acceptors (Lipinski definition) is 3. The number of hydrogen-bond donors (Lipinski definition) is 0. The summed E-state index contributed by atoms with van der Waals surface area (Å²) in [6.45, 7) is 4.01. The van der Waals surface area contributed by atoms with Crippen LogP contribution in [0, 0.1) is 25.2 Å². The van der Waals surface area contributed by atoms with Crippen molar-refractivity contribution in [3.63, 3.8) is 0 Å². The van der Waals surface area contributed by atoms with E-state index in [1.165, 1.54) is 0 Å². The molecule has 98 valence electrons. The molecule has 1 aromatic heterocycles. The summed E-state index contributed by atoms with van der Waals surface area (Å²) in [6, 6.07) is 6.15. The van der Waals surface area contributed by atoms with Crippen molar-refractivity contribution in [2.75, 3.05) is 7.11 Å². The van der Waals surface area contributed by atoms with Crippen molar-refractivity contribution in [1.29, 1.82) is 5.26 Å². The molecule has 4 nitrogen and oxygen atoms in total. The first kappa shape index (κ1) is 13.6. The van der Waals surface area contributed by atoms with Gasteiger partial charge in [0.2, 0.25) is 0 Å². The molecule has 19 heavy (non-hydrogen) atoms. The molecule has 0 amide bonds. The van der Waals surface area contributed by atoms with Crippen molar-refractivity contribution < 1.29 is 4.74 Å². The monoisotopic (exact) mass is 319 g/mol. The SMILES string of the molecule is COc1c(C)cc(-c2c(Br)c(C#N)nn2C)cc1C. The zero-order valence-corrected chi connectivity index (χ0v) is 12.9. The summed E-state index contributed by atoms with van der Waals surface area (Å²) in [7, 11) is 3.50. The molecule has 0 unspecified atom stereocenters. The second kappa shape index (κ2) is 5.06. The summed E-state index contributed by atoms with van der Waals surface area (Å²) in [5.41, 5.74) is 4.42. The molecule has 0 aliphatic heterocycles. The van der Waals surface area contributed by atoms with Crippen LogP contribution in [-0.2, 0) is 7.05 Å². The van der Waals surface area contributed by atoms with Gasteiger partial charge in [0.1, 0.15) is 11.8 Å². The van der Waals surface area contributed by atoms with Crippen LogP contribution in [0.1, 0.15) is 16.8 Å². The highest BCUT2D eigenvalue weighted by molar-refractivity contribution is 9.10. The Hall–Kier alpha value is -1.80. The lowest BCUT2D eigenvalue weighted by atomic mass is 10.0. The Kier molecular flexibility index (Phi) is 3.63. The zero-order valence-electron chi connectivity index (χ0n) is 11.3. The normalized spacial score (nSPS) is 10.3. The molecular weight excluding hydrogens is 306 g/mol. The number of methoxy groups -OCH3 is 1. The van der Waals surface area contributed by atoms with Gasteiger partial charge >= 0.3 is 0 Å². The number of nitrogens with zero attached hydrogens (tertiary/aromatic N) is 3. The van der Waals surface area contributed by atoms with Gasteiger partial charge in [-0.2, -0.15) is 10.4 Å². The summed E-state index contributed by atoms with van der Waals surface area (Å²) in [5, 5.41) is 13.2. The third-order valence-corrected chi connectivity index (χ3v) is 3.78. The van der Waals surface area contributed by atoms with Crippen molar-refractivity contribution in [3.05, 3.63) is 33.4 Å². The molecule has 1 aromatic carbocycles. The fourth-order valence-corrected chi connectivity index (χ4v) is 2.95. The average molecular weight is 320 g/mol. The highest BCUT2D eigenvalue weighted by Crippen LogP contribution is 2.34. The Bertz CT molecular complexity index is 660. The van der Waals surface area contributed by atoms with Crippen molar-refractivity contribution >= 4 is 15.9 Å². The van der Waals surface area contributed by atoms with E-state index in [9.17, 15) is 0 Å². The van der Waals surface area contributed by atoms with E-state index >= 15 is 0 Å². The van der Waals surface area contributed by atoms with Crippen molar-refractivity contribution in [3.8, 4) is 23.1 Å². The van der Waals surface area contributed by atoms with Crippen molar-refractivity contribution in [2.45, 2.75) is 13.8 Å². The summed E-state index contributed by atoms with van der Waals surface area (Å²) in [4.78, 5) is 0. The third kappa shape index (κ3) is 2.24. The van der Waals surface area contributed by atoms with Crippen molar-refractivity contribution in [1.82, 2.24) is 9.78 Å². The third-order valence-electron chi connectivity index (χ3n) is 3.03. The van der Waals surface area contributed by atoms with E-state index in [-0.39, 0.29) is 0 Å². The summed E-state index contributed by atoms with van der Waals surface area (Å²) >= 11 is 3.45. The van der Waals surface area contributed by atoms with Crippen LogP contribution in [0.2, 0.25) is 0 Å². The number of ether oxygens (including phenoxy) is 1. The lowest BCUT2D eigenvalue weighted by Gasteiger charge is -2.11. The second-order valence-electron chi connectivity index (χ2n) is 4.39. The van der Waals surface area contributed by atoms with Crippen LogP contribution in [0.4, 0.5) is 0 Å². The molecule has 0 aliphatic rings. The average Bonchev–Trinajstić information content (AvgIpc) is 2.63. The van der Waals surface area contributed by atoms with Gasteiger partial charge in [-0.05, 0) is 53.0 Å². The molecule has 0 radical (unpaired) electrons. The highest BCUT2D eigenvalue weighted by atomic mass is 79.9. The molecule has 2 aromatic rings. The van der Waals surface area contributed by atoms with Crippen LogP contribution in [-0.4, -0.2) is 16.9 Å². The first-order valence-electron chi connectivity index (χ1n) is 5.77. The standard InChI is InChI=1S/C14H14BrN3O/c1-8-5-10(6-9(2)14(8)19-4)13-12(15)11(7-16)17-18(13)3/h5-6H,1-4H3. The zero-order chi connectivity index (χ0) is 14.2. The molecule has 0 saturated carbocycles. The number of aryl methyl sites for hydroxylation is 3. The fraction of sp³-hybridized carbons (Fsp3) is 0.286. The van der Waals surface area contributed by atoms with Gasteiger partial charge in [-0.1, -0.05) is 0 Å². The Morgan fingerprint density at radius 2 is 1.89 bits per heavy atom. The highest BCUT2D eigenvalue weighted by Gasteiger charge is 2.17. The largest absolute Gasteiger partial charge is 0.496 e. The molecule has 5 heteroatoms. The molecule has 0 bridgehead atoms. The van der Waals surface area contributed by atoms with Crippen LogP contribution in [0.5, 0.6) is 5.75 Å². The minimum absolute atomic E-state index is 0.392. The van der Waals surface area contributed by atoms with Gasteiger partial charge in [0.25, 0.3) is 0 Å². The Balaban J connectivity index is 2.67. The van der Waals surface area contributed by atoms with Crippen LogP contribution in [0.25, 0.3) is 11.3 Å². The molecular formula is C14H14BrN3O. The maximum Gasteiger partial charge on any atom is 0.177 e. The lowest BCUT2D eigenvalue weighted by molar-refractivity contribution is 0.408. The number of nitriles is 1. The van der Waals surface area contributed by atoms with Gasteiger partial charge < -0.3 is 4.74 Å². The predicted octanol–water partition coefficient (Wildman–Crippen LogP) is 3.35. The van der Waals surface area contributed by atoms with E-state index in [4.69, 9.17) is 10.00 Å². The maximum atomic E-state index is 9.02. The van der Waals surface area contributed by atoms with E-state index in [0.717, 1.165) is 32.6 Å². The minimum Gasteiger partial charge on any atom is -0.496 e. The molecule has 0 aliphatic carbocycles. The van der Waals surface area contributed by atoms with Crippen LogP contribution >= 0.6 is 15.9 Å². The molecule has 0 N–H and O–H groups in total. The lowest BCUT2D eigenvalue weighted by Crippen LogP contribution is -1.97. The summed E-state index contributed by atoms with van der Waals surface area (Å²) in [6.07, 6.45) is 0. The number of aromatic nitrogens is 2. The van der Waals surface area contributed by atoms with E-state index in [1.54, 1.807) is 11.8 Å². The van der Waals surface area contributed by atoms with Gasteiger partial charge in [-0.15, -0.1) is 0 Å². The van der Waals surface area contributed by atoms with Gasteiger partial charge in [0, 0.05) is 12.6 Å². The summed E-state index contributed by atoms with van der Waals surface area (Å²) in [5.74, 6) is 0.891. The van der Waals surface area contributed by atoms with Gasteiger partial charge in [0.15, 0.2) is 5.69 Å². The van der Waals surface area contributed by atoms with Crippen LogP contribution in [0.15, 0.2) is 16.6 Å². The molecule has 0 saturated heterocycles. The molecule has 0 spiro atoms. The maximum absolute atomic E-state index is 9.02. The number of benzene rings is 1. The Morgan fingerprint density at radius 3 is 2.32 bits per heavy atom. The Labute approximate surface area is 120 Å². The van der Waals surface area contributed by atoms with Crippen molar-refractivity contribution in [2.24, 2.45) is 7.05 Å². The molecule has 2 rings (SSSR count). The quantitative estimate of drug-likeness (QED) is 0.853. The first-order valence-corrected chi connectivity index (χ1v) is 6.57. The van der Waals surface area contributed by atoms with E-state index in [1.807, 2.05) is 33.0 Å². The van der Waals surface area contributed by atoms with E-state index in [2.05, 4.69) is 27.1 Å². The fourth-order valence-electron chi connectivity index (χ4n) is 2.29. The Morgan fingerprint density at radius 1 is 1.32 bits per heavy atom. The smallest absolute Gasteiger partial charge is 0.177 e. The van der Waals surface area contributed by atoms with E-state index in [0.29, 0.717) is 5.69 Å².